The number of nitrogens with zero attached hydrogens (tertiary/aromatic N) is 1. The predicted molar refractivity (Wildman–Crippen MR) is 71.2 cm³/mol. The monoisotopic (exact) mass is 254 g/mol. The van der Waals surface area contributed by atoms with E-state index in [2.05, 4.69) is 0 Å². The Morgan fingerprint density at radius 2 is 2.11 bits per heavy atom. The van der Waals surface area contributed by atoms with Gasteiger partial charge in [-0.1, -0.05) is 12.8 Å². The number of carbonyl (C=O) groups is 1. The third-order valence-electron chi connectivity index (χ3n) is 4.58. The molecule has 2 N–H and O–H groups in total. The van der Waals surface area contributed by atoms with Gasteiger partial charge in [0.1, 0.15) is 0 Å². The molecule has 4 heteroatoms. The molecule has 1 aliphatic heterocycles. The summed E-state index contributed by atoms with van der Waals surface area (Å²) in [5, 5.41) is 0. The highest BCUT2D eigenvalue weighted by Gasteiger charge is 2.40. The second kappa shape index (κ2) is 5.57. The zero-order valence-corrected chi connectivity index (χ0v) is 11.7. The number of methoxy groups -OCH3 is 1. The van der Waals surface area contributed by atoms with Crippen LogP contribution in [0.1, 0.15) is 45.4 Å². The van der Waals surface area contributed by atoms with E-state index in [1.165, 1.54) is 0 Å². The van der Waals surface area contributed by atoms with Crippen molar-refractivity contribution >= 4 is 5.91 Å². The van der Waals surface area contributed by atoms with Gasteiger partial charge in [-0.2, -0.15) is 0 Å². The molecule has 0 aromatic carbocycles. The molecule has 2 aliphatic rings. The number of ether oxygens (including phenoxy) is 1. The third-order valence-corrected chi connectivity index (χ3v) is 4.58. The van der Waals surface area contributed by atoms with Gasteiger partial charge in [-0.3, -0.25) is 4.79 Å². The van der Waals surface area contributed by atoms with Gasteiger partial charge in [0.15, 0.2) is 0 Å². The fourth-order valence-corrected chi connectivity index (χ4v) is 3.32. The SMILES string of the molecule is COC1CCCN(C(=O)C2CCCCC2(C)N)C1. The minimum absolute atomic E-state index is 0.00172. The molecule has 1 amide bonds. The number of nitrogens with two attached hydrogens (primary N) is 1. The first-order chi connectivity index (χ1) is 8.54. The van der Waals surface area contributed by atoms with Crippen LogP contribution < -0.4 is 5.73 Å². The molecule has 3 atom stereocenters. The highest BCUT2D eigenvalue weighted by atomic mass is 16.5. The molecule has 104 valence electrons. The molecule has 1 heterocycles. The maximum absolute atomic E-state index is 12.6. The first kappa shape index (κ1) is 13.8. The van der Waals surface area contributed by atoms with Gasteiger partial charge in [-0.05, 0) is 32.6 Å². The number of likely N-dealkylation sites (tertiary alicyclic amines) is 1. The highest BCUT2D eigenvalue weighted by Crippen LogP contribution is 2.33. The summed E-state index contributed by atoms with van der Waals surface area (Å²) >= 11 is 0. The lowest BCUT2D eigenvalue weighted by molar-refractivity contribution is -0.142. The minimum Gasteiger partial charge on any atom is -0.380 e. The van der Waals surface area contributed by atoms with Crippen molar-refractivity contribution in [2.24, 2.45) is 11.7 Å². The normalized spacial score (nSPS) is 37.6. The smallest absolute Gasteiger partial charge is 0.227 e. The first-order valence-corrected chi connectivity index (χ1v) is 7.15. The van der Waals surface area contributed by atoms with Crippen molar-refractivity contribution < 1.29 is 9.53 Å². The summed E-state index contributed by atoms with van der Waals surface area (Å²) in [4.78, 5) is 14.6. The lowest BCUT2D eigenvalue weighted by Gasteiger charge is -2.42. The van der Waals surface area contributed by atoms with E-state index in [9.17, 15) is 4.79 Å². The summed E-state index contributed by atoms with van der Waals surface area (Å²) < 4.78 is 5.39. The molecular weight excluding hydrogens is 228 g/mol. The highest BCUT2D eigenvalue weighted by molar-refractivity contribution is 5.80. The van der Waals surface area contributed by atoms with E-state index in [1.54, 1.807) is 7.11 Å². The van der Waals surface area contributed by atoms with E-state index >= 15 is 0 Å². The number of hydrogen-bond acceptors (Lipinski definition) is 3. The van der Waals surface area contributed by atoms with E-state index < -0.39 is 0 Å². The van der Waals surface area contributed by atoms with Crippen LogP contribution in [-0.2, 0) is 9.53 Å². The van der Waals surface area contributed by atoms with Crippen molar-refractivity contribution in [3.63, 3.8) is 0 Å². The summed E-state index contributed by atoms with van der Waals surface area (Å²) in [6, 6.07) is 0. The van der Waals surface area contributed by atoms with Crippen LogP contribution in [0.25, 0.3) is 0 Å². The fourth-order valence-electron chi connectivity index (χ4n) is 3.32. The standard InChI is InChI=1S/C14H26N2O2/c1-14(15)8-4-3-7-12(14)13(17)16-9-5-6-11(10-16)18-2/h11-12H,3-10,15H2,1-2H3. The van der Waals surface area contributed by atoms with Crippen LogP contribution in [0.3, 0.4) is 0 Å². The van der Waals surface area contributed by atoms with Crippen molar-refractivity contribution in [3.8, 4) is 0 Å². The lowest BCUT2D eigenvalue weighted by atomic mass is 9.74. The maximum atomic E-state index is 12.6. The summed E-state index contributed by atoms with van der Waals surface area (Å²) in [6.45, 7) is 3.64. The van der Waals surface area contributed by atoms with Gasteiger partial charge in [0.05, 0.1) is 12.0 Å². The second-order valence-corrected chi connectivity index (χ2v) is 6.09. The summed E-state index contributed by atoms with van der Waals surface area (Å²) in [5.41, 5.74) is 5.99. The largest absolute Gasteiger partial charge is 0.380 e. The van der Waals surface area contributed by atoms with Crippen molar-refractivity contribution in [3.05, 3.63) is 0 Å². The molecule has 0 aromatic rings. The zero-order chi connectivity index (χ0) is 13.2. The van der Waals surface area contributed by atoms with E-state index in [0.29, 0.717) is 0 Å². The first-order valence-electron chi connectivity index (χ1n) is 7.15. The quantitative estimate of drug-likeness (QED) is 0.813. The van der Waals surface area contributed by atoms with Crippen molar-refractivity contribution in [1.82, 2.24) is 4.90 Å². The van der Waals surface area contributed by atoms with Gasteiger partial charge in [-0.15, -0.1) is 0 Å². The molecular formula is C14H26N2O2. The Morgan fingerprint density at radius 1 is 1.33 bits per heavy atom. The van der Waals surface area contributed by atoms with Gasteiger partial charge in [-0.25, -0.2) is 0 Å². The van der Waals surface area contributed by atoms with Gasteiger partial charge in [0.25, 0.3) is 0 Å². The molecule has 1 saturated heterocycles. The van der Waals surface area contributed by atoms with Gasteiger partial charge in [0, 0.05) is 25.7 Å². The lowest BCUT2D eigenvalue weighted by Crippen LogP contribution is -2.55. The van der Waals surface area contributed by atoms with Gasteiger partial charge in [0.2, 0.25) is 5.91 Å². The number of carbonyl (C=O) groups excluding carboxylic acids is 1. The molecule has 0 bridgehead atoms. The Balaban J connectivity index is 2.01. The summed E-state index contributed by atoms with van der Waals surface area (Å²) in [6.07, 6.45) is 6.49. The minimum atomic E-state index is -0.324. The van der Waals surface area contributed by atoms with Crippen LogP contribution in [0.2, 0.25) is 0 Å². The Morgan fingerprint density at radius 3 is 2.78 bits per heavy atom. The molecule has 3 unspecified atom stereocenters. The number of rotatable bonds is 2. The maximum Gasteiger partial charge on any atom is 0.227 e. The van der Waals surface area contributed by atoms with Crippen LogP contribution >= 0.6 is 0 Å². The fraction of sp³-hybridized carbons (Fsp3) is 0.929. The Kier molecular flexibility index (Phi) is 4.28. The molecule has 1 saturated carbocycles. The zero-order valence-electron chi connectivity index (χ0n) is 11.7. The van der Waals surface area contributed by atoms with Gasteiger partial charge >= 0.3 is 0 Å². The Hall–Kier alpha value is -0.610. The number of piperidine rings is 1. The Bertz CT molecular complexity index is 304. The molecule has 2 fully saturated rings. The average Bonchev–Trinajstić information content (AvgIpc) is 2.37. The summed E-state index contributed by atoms with van der Waals surface area (Å²) in [5.74, 6) is 0.253. The molecule has 18 heavy (non-hydrogen) atoms. The van der Waals surface area contributed by atoms with Crippen molar-refractivity contribution in [1.29, 1.82) is 0 Å². The van der Waals surface area contributed by atoms with E-state index in [0.717, 1.165) is 51.6 Å². The molecule has 4 nitrogen and oxygen atoms in total. The third kappa shape index (κ3) is 2.86. The molecule has 2 rings (SSSR count). The van der Waals surface area contributed by atoms with Crippen molar-refractivity contribution in [2.75, 3.05) is 20.2 Å². The van der Waals surface area contributed by atoms with Gasteiger partial charge < -0.3 is 15.4 Å². The topological polar surface area (TPSA) is 55.6 Å². The van der Waals surface area contributed by atoms with E-state index in [-0.39, 0.29) is 23.5 Å². The molecule has 0 spiro atoms. The van der Waals surface area contributed by atoms with Crippen molar-refractivity contribution in [2.45, 2.75) is 57.1 Å². The average molecular weight is 254 g/mol. The van der Waals surface area contributed by atoms with E-state index in [1.807, 2.05) is 11.8 Å². The molecule has 0 aromatic heterocycles. The van der Waals surface area contributed by atoms with E-state index in [4.69, 9.17) is 10.5 Å². The number of hydrogen-bond donors (Lipinski definition) is 1. The predicted octanol–water partition coefficient (Wildman–Crippen LogP) is 1.53. The number of amides is 1. The molecule has 1 aliphatic carbocycles. The van der Waals surface area contributed by atoms with Crippen LogP contribution in [-0.4, -0.2) is 42.6 Å². The van der Waals surface area contributed by atoms with Crippen LogP contribution in [0.15, 0.2) is 0 Å². The van der Waals surface area contributed by atoms with Crippen LogP contribution in [0.4, 0.5) is 0 Å². The van der Waals surface area contributed by atoms with Crippen LogP contribution in [0.5, 0.6) is 0 Å². The Labute approximate surface area is 110 Å². The second-order valence-electron chi connectivity index (χ2n) is 6.09. The van der Waals surface area contributed by atoms with Crippen LogP contribution in [0, 0.1) is 5.92 Å². The summed E-state index contributed by atoms with van der Waals surface area (Å²) in [7, 11) is 1.73. The molecule has 0 radical (unpaired) electrons.